The molecule has 0 aliphatic carbocycles. The lowest BCUT2D eigenvalue weighted by Gasteiger charge is -2.22. The summed E-state index contributed by atoms with van der Waals surface area (Å²) in [5, 5.41) is 18.5. The van der Waals surface area contributed by atoms with Gasteiger partial charge in [0.1, 0.15) is 11.6 Å². The van der Waals surface area contributed by atoms with Crippen molar-refractivity contribution in [2.75, 3.05) is 13.1 Å². The molecule has 0 spiro atoms. The first kappa shape index (κ1) is 14.4. The Labute approximate surface area is 106 Å². The molecule has 0 fully saturated rings. The molecule has 2 N–H and O–H groups in total. The molecule has 1 aromatic rings. The van der Waals surface area contributed by atoms with E-state index in [0.717, 1.165) is 0 Å². The molecule has 0 heterocycles. The van der Waals surface area contributed by atoms with Crippen LogP contribution in [0.4, 0.5) is 4.39 Å². The Bertz CT molecular complexity index is 423. The fourth-order valence-corrected chi connectivity index (χ4v) is 1.69. The minimum atomic E-state index is -0.864. The van der Waals surface area contributed by atoms with Gasteiger partial charge >= 0.3 is 5.97 Å². The van der Waals surface area contributed by atoms with Crippen molar-refractivity contribution in [2.45, 2.75) is 20.4 Å². The van der Waals surface area contributed by atoms with Crippen LogP contribution in [0.3, 0.4) is 0 Å². The number of phenols is 1. The highest BCUT2D eigenvalue weighted by molar-refractivity contribution is 5.69. The number of hydrogen-bond donors (Lipinski definition) is 2. The van der Waals surface area contributed by atoms with E-state index in [2.05, 4.69) is 0 Å². The van der Waals surface area contributed by atoms with Gasteiger partial charge in [0.05, 0.1) is 5.92 Å². The van der Waals surface area contributed by atoms with Crippen LogP contribution >= 0.6 is 0 Å². The highest BCUT2D eigenvalue weighted by Crippen LogP contribution is 2.20. The Morgan fingerprint density at radius 3 is 2.72 bits per heavy atom. The molecule has 1 rings (SSSR count). The van der Waals surface area contributed by atoms with Crippen LogP contribution in [-0.4, -0.2) is 34.2 Å². The van der Waals surface area contributed by atoms with E-state index in [1.54, 1.807) is 6.92 Å². The number of carboxylic acids is 1. The molecule has 0 saturated carbocycles. The Hall–Kier alpha value is -1.62. The number of carboxylic acid groups (broad SMARTS) is 1. The third-order valence-corrected chi connectivity index (χ3v) is 2.84. The summed E-state index contributed by atoms with van der Waals surface area (Å²) in [7, 11) is 0. The van der Waals surface area contributed by atoms with Gasteiger partial charge in [-0.2, -0.15) is 0 Å². The average Bonchev–Trinajstić information content (AvgIpc) is 2.32. The second-order valence-electron chi connectivity index (χ2n) is 4.34. The summed E-state index contributed by atoms with van der Waals surface area (Å²) >= 11 is 0. The van der Waals surface area contributed by atoms with E-state index in [9.17, 15) is 14.3 Å². The number of aliphatic carboxylic acids is 1. The average molecular weight is 255 g/mol. The van der Waals surface area contributed by atoms with Crippen LogP contribution in [0.25, 0.3) is 0 Å². The second kappa shape index (κ2) is 6.35. The molecule has 0 aliphatic heterocycles. The monoisotopic (exact) mass is 255 g/mol. The van der Waals surface area contributed by atoms with Crippen LogP contribution < -0.4 is 0 Å². The first-order valence-corrected chi connectivity index (χ1v) is 5.86. The molecule has 0 saturated heterocycles. The van der Waals surface area contributed by atoms with Crippen LogP contribution in [-0.2, 0) is 11.3 Å². The van der Waals surface area contributed by atoms with Crippen molar-refractivity contribution >= 4 is 5.97 Å². The van der Waals surface area contributed by atoms with E-state index in [1.165, 1.54) is 18.2 Å². The highest BCUT2D eigenvalue weighted by atomic mass is 19.1. The molecule has 4 nitrogen and oxygen atoms in total. The van der Waals surface area contributed by atoms with Gasteiger partial charge in [0.15, 0.2) is 0 Å². The molecule has 0 bridgehead atoms. The van der Waals surface area contributed by atoms with E-state index in [0.29, 0.717) is 25.2 Å². The normalized spacial score (nSPS) is 12.7. The number of nitrogens with zero attached hydrogens (tertiary/aromatic N) is 1. The van der Waals surface area contributed by atoms with Crippen molar-refractivity contribution in [1.82, 2.24) is 4.90 Å². The number of benzene rings is 1. The van der Waals surface area contributed by atoms with E-state index in [1.807, 2.05) is 11.8 Å². The number of carbonyl (C=O) groups is 1. The van der Waals surface area contributed by atoms with E-state index in [-0.39, 0.29) is 5.75 Å². The quantitative estimate of drug-likeness (QED) is 0.817. The topological polar surface area (TPSA) is 60.8 Å². The van der Waals surface area contributed by atoms with Gasteiger partial charge in [-0.3, -0.25) is 9.69 Å². The summed E-state index contributed by atoms with van der Waals surface area (Å²) in [6, 6.07) is 3.76. The summed E-state index contributed by atoms with van der Waals surface area (Å²) < 4.78 is 13.1. The van der Waals surface area contributed by atoms with Crippen LogP contribution in [0.5, 0.6) is 5.75 Å². The van der Waals surface area contributed by atoms with Crippen LogP contribution in [0.1, 0.15) is 19.4 Å². The standard InChI is InChI=1S/C13H18FNO3/c1-3-15(7-9(2)13(17)18)8-10-6-11(14)4-5-12(10)16/h4-6,9,16H,3,7-8H2,1-2H3,(H,17,18). The maximum atomic E-state index is 13.1. The smallest absolute Gasteiger partial charge is 0.307 e. The number of aromatic hydroxyl groups is 1. The van der Waals surface area contributed by atoms with Crippen molar-refractivity contribution in [1.29, 1.82) is 0 Å². The molecular formula is C13H18FNO3. The molecule has 0 aliphatic rings. The third-order valence-electron chi connectivity index (χ3n) is 2.84. The van der Waals surface area contributed by atoms with Crippen molar-refractivity contribution in [2.24, 2.45) is 5.92 Å². The lowest BCUT2D eigenvalue weighted by atomic mass is 10.1. The van der Waals surface area contributed by atoms with E-state index >= 15 is 0 Å². The van der Waals surface area contributed by atoms with Crippen molar-refractivity contribution in [3.63, 3.8) is 0 Å². The van der Waals surface area contributed by atoms with Gasteiger partial charge in [0, 0.05) is 18.7 Å². The van der Waals surface area contributed by atoms with Gasteiger partial charge < -0.3 is 10.2 Å². The predicted octanol–water partition coefficient (Wildman–Crippen LogP) is 2.07. The van der Waals surface area contributed by atoms with Crippen molar-refractivity contribution in [3.05, 3.63) is 29.6 Å². The first-order chi connectivity index (χ1) is 8.43. The number of phenolic OH excluding ortho intramolecular Hbond substituents is 1. The zero-order valence-corrected chi connectivity index (χ0v) is 10.6. The molecule has 1 aromatic carbocycles. The molecule has 18 heavy (non-hydrogen) atoms. The first-order valence-electron chi connectivity index (χ1n) is 5.86. The molecule has 0 radical (unpaired) electrons. The molecule has 1 unspecified atom stereocenters. The molecule has 5 heteroatoms. The zero-order valence-electron chi connectivity index (χ0n) is 10.6. The van der Waals surface area contributed by atoms with Crippen molar-refractivity contribution in [3.8, 4) is 5.75 Å². The summed E-state index contributed by atoms with van der Waals surface area (Å²) in [6.45, 7) is 4.84. The molecule has 0 amide bonds. The summed E-state index contributed by atoms with van der Waals surface area (Å²) in [6.07, 6.45) is 0. The minimum Gasteiger partial charge on any atom is -0.508 e. The molecule has 100 valence electrons. The maximum Gasteiger partial charge on any atom is 0.307 e. The Morgan fingerprint density at radius 1 is 1.50 bits per heavy atom. The maximum absolute atomic E-state index is 13.1. The van der Waals surface area contributed by atoms with Gasteiger partial charge in [0.2, 0.25) is 0 Å². The molecule has 0 aromatic heterocycles. The Morgan fingerprint density at radius 2 is 2.17 bits per heavy atom. The van der Waals surface area contributed by atoms with Gasteiger partial charge in [-0.05, 0) is 24.7 Å². The summed E-state index contributed by atoms with van der Waals surface area (Å²) in [5.41, 5.74) is 0.467. The van der Waals surface area contributed by atoms with Crippen LogP contribution in [0.2, 0.25) is 0 Å². The number of hydrogen-bond acceptors (Lipinski definition) is 3. The van der Waals surface area contributed by atoms with Gasteiger partial charge in [0.25, 0.3) is 0 Å². The highest BCUT2D eigenvalue weighted by Gasteiger charge is 2.16. The minimum absolute atomic E-state index is 0.0258. The SMILES string of the molecule is CCN(Cc1cc(F)ccc1O)CC(C)C(=O)O. The number of rotatable bonds is 6. The zero-order chi connectivity index (χ0) is 13.7. The largest absolute Gasteiger partial charge is 0.508 e. The fraction of sp³-hybridized carbons (Fsp3) is 0.462. The molecule has 1 atom stereocenters. The predicted molar refractivity (Wildman–Crippen MR) is 65.8 cm³/mol. The van der Waals surface area contributed by atoms with Crippen LogP contribution in [0, 0.1) is 11.7 Å². The van der Waals surface area contributed by atoms with Crippen LogP contribution in [0.15, 0.2) is 18.2 Å². The van der Waals surface area contributed by atoms with E-state index < -0.39 is 17.7 Å². The van der Waals surface area contributed by atoms with Crippen molar-refractivity contribution < 1.29 is 19.4 Å². The van der Waals surface area contributed by atoms with Gasteiger partial charge in [-0.1, -0.05) is 13.8 Å². The fourth-order valence-electron chi connectivity index (χ4n) is 1.69. The lowest BCUT2D eigenvalue weighted by Crippen LogP contribution is -2.31. The lowest BCUT2D eigenvalue weighted by molar-refractivity contribution is -0.141. The Balaban J connectivity index is 2.73. The second-order valence-corrected chi connectivity index (χ2v) is 4.34. The third kappa shape index (κ3) is 4.00. The summed E-state index contributed by atoms with van der Waals surface area (Å²) in [5.74, 6) is -1.75. The summed E-state index contributed by atoms with van der Waals surface area (Å²) in [4.78, 5) is 12.6. The number of halogens is 1. The van der Waals surface area contributed by atoms with Gasteiger partial charge in [-0.15, -0.1) is 0 Å². The van der Waals surface area contributed by atoms with Gasteiger partial charge in [-0.25, -0.2) is 4.39 Å². The van der Waals surface area contributed by atoms with E-state index in [4.69, 9.17) is 5.11 Å². The molecular weight excluding hydrogens is 237 g/mol. The Kier molecular flexibility index (Phi) is 5.09.